The summed E-state index contributed by atoms with van der Waals surface area (Å²) in [5.41, 5.74) is 5.91. The van der Waals surface area contributed by atoms with Crippen molar-refractivity contribution in [3.63, 3.8) is 0 Å². The van der Waals surface area contributed by atoms with Gasteiger partial charge in [0.15, 0.2) is 0 Å². The van der Waals surface area contributed by atoms with Crippen LogP contribution < -0.4 is 4.90 Å². The van der Waals surface area contributed by atoms with Gasteiger partial charge in [-0.25, -0.2) is 0 Å². The highest BCUT2D eigenvalue weighted by Crippen LogP contribution is 2.47. The molecular weight excluding hydrogens is 599 g/mol. The van der Waals surface area contributed by atoms with Crippen LogP contribution in [0.5, 0.6) is 0 Å². The number of thiophene rings is 1. The predicted molar refractivity (Wildman–Crippen MR) is 209 cm³/mol. The first-order chi connectivity index (χ1) is 23.8. The molecule has 0 fully saturated rings. The molecule has 0 aliphatic carbocycles. The van der Waals surface area contributed by atoms with Crippen molar-refractivity contribution in [3.05, 3.63) is 176 Å². The van der Waals surface area contributed by atoms with Crippen LogP contribution in [-0.2, 0) is 0 Å². The number of para-hydroxylation sites is 1. The van der Waals surface area contributed by atoms with E-state index >= 15 is 0 Å². The summed E-state index contributed by atoms with van der Waals surface area (Å²) < 4.78 is 2.65. The molecule has 0 aliphatic heterocycles. The monoisotopic (exact) mass is 627 g/mol. The largest absolute Gasteiger partial charge is 0.310 e. The molecule has 1 heterocycles. The predicted octanol–water partition coefficient (Wildman–Crippen LogP) is 13.8. The number of anilines is 3. The fraction of sp³-hybridized carbons (Fsp3) is 0. The molecule has 0 saturated carbocycles. The molecule has 224 valence electrons. The fourth-order valence-electron chi connectivity index (χ4n) is 7.64. The van der Waals surface area contributed by atoms with Gasteiger partial charge >= 0.3 is 0 Å². The SMILES string of the molecule is c1ccc(N(c2cccc(-c3cccc4c3sc3ccccc34)c2)c2cc3ccccc3c3c2ccc2ccc4ccccc4c23)cc1. The Kier molecular flexibility index (Phi) is 6.12. The molecule has 48 heavy (non-hydrogen) atoms. The summed E-state index contributed by atoms with van der Waals surface area (Å²) in [6.45, 7) is 0. The lowest BCUT2D eigenvalue weighted by Crippen LogP contribution is -2.10. The number of benzene rings is 9. The maximum absolute atomic E-state index is 2.44. The Morgan fingerprint density at radius 2 is 1.02 bits per heavy atom. The lowest BCUT2D eigenvalue weighted by atomic mass is 9.91. The van der Waals surface area contributed by atoms with Gasteiger partial charge in [-0.05, 0) is 79.8 Å². The van der Waals surface area contributed by atoms with Crippen LogP contribution in [0.25, 0.3) is 74.4 Å². The average Bonchev–Trinajstić information content (AvgIpc) is 3.54. The first-order valence-corrected chi connectivity index (χ1v) is 17.3. The molecular formula is C46H29NS. The van der Waals surface area contributed by atoms with Gasteiger partial charge in [-0.2, -0.15) is 0 Å². The van der Waals surface area contributed by atoms with Crippen molar-refractivity contribution in [2.75, 3.05) is 4.90 Å². The smallest absolute Gasteiger partial charge is 0.0546 e. The molecule has 0 saturated heterocycles. The third-order valence-corrected chi connectivity index (χ3v) is 11.0. The van der Waals surface area contributed by atoms with Gasteiger partial charge in [0, 0.05) is 42.3 Å². The van der Waals surface area contributed by atoms with Gasteiger partial charge in [0.2, 0.25) is 0 Å². The third kappa shape index (κ3) is 4.17. The number of rotatable bonds is 4. The highest BCUT2D eigenvalue weighted by Gasteiger charge is 2.20. The molecule has 0 unspecified atom stereocenters. The maximum atomic E-state index is 2.44. The Bertz CT molecular complexity index is 2850. The summed E-state index contributed by atoms with van der Waals surface area (Å²) in [5.74, 6) is 0. The summed E-state index contributed by atoms with van der Waals surface area (Å²) in [4.78, 5) is 2.44. The lowest BCUT2D eigenvalue weighted by molar-refractivity contribution is 1.30. The van der Waals surface area contributed by atoms with E-state index < -0.39 is 0 Å². The zero-order valence-electron chi connectivity index (χ0n) is 26.1. The highest BCUT2D eigenvalue weighted by molar-refractivity contribution is 7.26. The van der Waals surface area contributed by atoms with E-state index in [1.165, 1.54) is 80.1 Å². The van der Waals surface area contributed by atoms with Crippen molar-refractivity contribution in [2.45, 2.75) is 0 Å². The number of hydrogen-bond donors (Lipinski definition) is 0. The minimum atomic E-state index is 1.13. The summed E-state index contributed by atoms with van der Waals surface area (Å²) in [6.07, 6.45) is 0. The van der Waals surface area contributed by atoms with Gasteiger partial charge in [-0.3, -0.25) is 0 Å². The first-order valence-electron chi connectivity index (χ1n) is 16.4. The first kappa shape index (κ1) is 27.2. The zero-order chi connectivity index (χ0) is 31.6. The maximum Gasteiger partial charge on any atom is 0.0546 e. The minimum absolute atomic E-state index is 1.13. The van der Waals surface area contributed by atoms with E-state index in [-0.39, 0.29) is 0 Å². The molecule has 10 aromatic rings. The van der Waals surface area contributed by atoms with Crippen LogP contribution in [0.3, 0.4) is 0 Å². The standard InChI is InChI=1S/C46H29NS/c1-2-15-34(16-3-1)47(35-17-10-14-32(28-35)38-21-11-22-40-39-20-8-9-23-43(39)48-46(38)40)42-29-33-13-5-7-19-37(33)45-41(42)27-26-31-25-24-30-12-4-6-18-36(30)44(31)45/h1-29H. The second kappa shape index (κ2) is 10.8. The van der Waals surface area contributed by atoms with Crippen LogP contribution in [0.1, 0.15) is 0 Å². The number of hydrogen-bond acceptors (Lipinski definition) is 2. The van der Waals surface area contributed by atoms with E-state index in [0.717, 1.165) is 11.4 Å². The molecule has 9 aromatic carbocycles. The van der Waals surface area contributed by atoms with Crippen LogP contribution in [0.4, 0.5) is 17.1 Å². The minimum Gasteiger partial charge on any atom is -0.310 e. The second-order valence-electron chi connectivity index (χ2n) is 12.5. The molecule has 0 spiro atoms. The van der Waals surface area contributed by atoms with Crippen molar-refractivity contribution < 1.29 is 0 Å². The Labute approximate surface area is 282 Å². The van der Waals surface area contributed by atoms with Gasteiger partial charge in [-0.15, -0.1) is 11.3 Å². The Hall–Kier alpha value is -5.96. The van der Waals surface area contributed by atoms with E-state index in [0.29, 0.717) is 0 Å². The third-order valence-electron chi connectivity index (χ3n) is 9.78. The molecule has 0 bridgehead atoms. The zero-order valence-corrected chi connectivity index (χ0v) is 26.9. The second-order valence-corrected chi connectivity index (χ2v) is 13.5. The summed E-state index contributed by atoms with van der Waals surface area (Å²) >= 11 is 1.88. The molecule has 1 aromatic heterocycles. The average molecular weight is 628 g/mol. The van der Waals surface area contributed by atoms with Crippen LogP contribution in [-0.4, -0.2) is 0 Å². The molecule has 1 nitrogen and oxygen atoms in total. The molecule has 2 heteroatoms. The van der Waals surface area contributed by atoms with E-state index in [4.69, 9.17) is 0 Å². The quantitative estimate of drug-likeness (QED) is 0.176. The molecule has 10 rings (SSSR count). The van der Waals surface area contributed by atoms with Crippen molar-refractivity contribution in [3.8, 4) is 11.1 Å². The molecule has 0 amide bonds. The Morgan fingerprint density at radius 3 is 1.90 bits per heavy atom. The van der Waals surface area contributed by atoms with Gasteiger partial charge in [0.05, 0.1) is 5.69 Å². The molecule has 0 radical (unpaired) electrons. The lowest BCUT2D eigenvalue weighted by Gasteiger charge is -2.28. The van der Waals surface area contributed by atoms with E-state index in [2.05, 4.69) is 181 Å². The number of nitrogens with zero attached hydrogens (tertiary/aromatic N) is 1. The van der Waals surface area contributed by atoms with Crippen molar-refractivity contribution in [2.24, 2.45) is 0 Å². The van der Waals surface area contributed by atoms with Gasteiger partial charge < -0.3 is 4.90 Å². The van der Waals surface area contributed by atoms with Crippen LogP contribution in [0, 0.1) is 0 Å². The van der Waals surface area contributed by atoms with Crippen LogP contribution in [0.2, 0.25) is 0 Å². The fourth-order valence-corrected chi connectivity index (χ4v) is 8.88. The van der Waals surface area contributed by atoms with Crippen molar-refractivity contribution in [1.29, 1.82) is 0 Å². The Morgan fingerprint density at radius 1 is 0.375 bits per heavy atom. The van der Waals surface area contributed by atoms with Crippen LogP contribution >= 0.6 is 11.3 Å². The normalized spacial score (nSPS) is 11.8. The summed E-state index contributed by atoms with van der Waals surface area (Å²) in [5, 5.41) is 12.8. The number of fused-ring (bicyclic) bond motifs is 10. The van der Waals surface area contributed by atoms with Crippen molar-refractivity contribution in [1.82, 2.24) is 0 Å². The van der Waals surface area contributed by atoms with E-state index in [1.807, 2.05) is 11.3 Å². The molecule has 0 N–H and O–H groups in total. The van der Waals surface area contributed by atoms with E-state index in [9.17, 15) is 0 Å². The highest BCUT2D eigenvalue weighted by atomic mass is 32.1. The Balaban J connectivity index is 1.27. The molecule has 0 aliphatic rings. The van der Waals surface area contributed by atoms with Crippen LogP contribution in [0.15, 0.2) is 176 Å². The summed E-state index contributed by atoms with van der Waals surface area (Å²) in [6, 6.07) is 64.5. The van der Waals surface area contributed by atoms with Gasteiger partial charge in [-0.1, -0.05) is 140 Å². The van der Waals surface area contributed by atoms with E-state index in [1.54, 1.807) is 0 Å². The summed E-state index contributed by atoms with van der Waals surface area (Å²) in [7, 11) is 0. The topological polar surface area (TPSA) is 3.24 Å². The van der Waals surface area contributed by atoms with Gasteiger partial charge in [0.1, 0.15) is 0 Å². The molecule has 0 atom stereocenters. The van der Waals surface area contributed by atoms with Crippen molar-refractivity contribution >= 4 is 91.7 Å². The van der Waals surface area contributed by atoms with Gasteiger partial charge in [0.25, 0.3) is 0 Å².